The summed E-state index contributed by atoms with van der Waals surface area (Å²) in [6.07, 6.45) is 2.17. The van der Waals surface area contributed by atoms with Gasteiger partial charge in [0.05, 0.1) is 30.5 Å². The van der Waals surface area contributed by atoms with Crippen molar-refractivity contribution in [2.45, 2.75) is 55.3 Å². The maximum atomic E-state index is 13.5. The van der Waals surface area contributed by atoms with Crippen LogP contribution in [0.2, 0.25) is 0 Å². The second-order valence-electron chi connectivity index (χ2n) is 11.2. The fourth-order valence-electron chi connectivity index (χ4n) is 6.23. The number of amides is 2. The smallest absolute Gasteiger partial charge is 0.287 e. The van der Waals surface area contributed by atoms with Crippen molar-refractivity contribution in [2.24, 2.45) is 0 Å². The topological polar surface area (TPSA) is 208 Å². The Labute approximate surface area is 229 Å². The van der Waals surface area contributed by atoms with Crippen molar-refractivity contribution in [1.82, 2.24) is 31.5 Å². The van der Waals surface area contributed by atoms with Gasteiger partial charge in [0.15, 0.2) is 23.3 Å². The van der Waals surface area contributed by atoms with Gasteiger partial charge in [-0.2, -0.15) is 0 Å². The van der Waals surface area contributed by atoms with Crippen LogP contribution in [0.1, 0.15) is 46.7 Å². The van der Waals surface area contributed by atoms with Gasteiger partial charge in [0, 0.05) is 18.7 Å². The molecule has 1 spiro atoms. The quantitative estimate of drug-likeness (QED) is 0.206. The molecule has 14 heteroatoms. The van der Waals surface area contributed by atoms with Gasteiger partial charge in [0.1, 0.15) is 11.8 Å². The number of fused-ring (bicyclic) bond motifs is 1. The number of benzene rings is 1. The molecule has 40 heavy (non-hydrogen) atoms. The van der Waals surface area contributed by atoms with Crippen LogP contribution in [0.25, 0.3) is 0 Å². The van der Waals surface area contributed by atoms with Crippen LogP contribution in [0.15, 0.2) is 41.0 Å². The van der Waals surface area contributed by atoms with Crippen molar-refractivity contribution in [3.8, 4) is 5.75 Å². The van der Waals surface area contributed by atoms with Gasteiger partial charge in [-0.1, -0.05) is 26.0 Å². The average molecular weight is 553 g/mol. The van der Waals surface area contributed by atoms with Crippen LogP contribution in [-0.4, -0.2) is 88.1 Å². The monoisotopic (exact) mass is 552 g/mol. The molecule has 1 aromatic heterocycles. The number of nitrogens with zero attached hydrogens (tertiary/aromatic N) is 1. The van der Waals surface area contributed by atoms with Crippen LogP contribution in [0.4, 0.5) is 0 Å². The molecule has 4 atom stereocenters. The van der Waals surface area contributed by atoms with Gasteiger partial charge >= 0.3 is 0 Å². The number of furan rings is 1. The van der Waals surface area contributed by atoms with Crippen molar-refractivity contribution >= 4 is 23.7 Å². The fourth-order valence-corrected chi connectivity index (χ4v) is 6.23. The number of ether oxygens (including phenoxy) is 1. The molecule has 212 valence electrons. The lowest BCUT2D eigenvalue weighted by Gasteiger charge is -2.51. The van der Waals surface area contributed by atoms with Crippen molar-refractivity contribution in [3.63, 3.8) is 0 Å². The highest BCUT2D eigenvalue weighted by molar-refractivity contribution is 5.98. The molecule has 0 aliphatic carbocycles. The van der Waals surface area contributed by atoms with Crippen LogP contribution in [0.3, 0.4) is 0 Å². The lowest BCUT2D eigenvalue weighted by molar-refractivity contribution is -0.232. The van der Waals surface area contributed by atoms with Crippen molar-refractivity contribution in [1.29, 1.82) is 10.8 Å². The van der Waals surface area contributed by atoms with Crippen molar-refractivity contribution < 1.29 is 29.0 Å². The first-order valence-electron chi connectivity index (χ1n) is 13.1. The van der Waals surface area contributed by atoms with Crippen LogP contribution >= 0.6 is 0 Å². The first-order valence-corrected chi connectivity index (χ1v) is 13.1. The molecule has 0 saturated carbocycles. The largest absolute Gasteiger partial charge is 0.492 e. The maximum absolute atomic E-state index is 13.5. The summed E-state index contributed by atoms with van der Waals surface area (Å²) in [6.45, 7) is 4.44. The normalized spacial score (nSPS) is 29.1. The van der Waals surface area contributed by atoms with Crippen LogP contribution in [-0.2, 0) is 5.41 Å². The third-order valence-electron chi connectivity index (χ3n) is 8.39. The third kappa shape index (κ3) is 3.70. The SMILES string of the molecule is CC1(C)CCOc2c(C(=O)N[C@H]3CN4C(=N)N[C@@H](CNC(=O)c5ccco5)[C@@H]5NC(=N)N[C@@]54C3(O)O)cccc21. The van der Waals surface area contributed by atoms with E-state index >= 15 is 0 Å². The molecule has 4 aliphatic rings. The predicted molar refractivity (Wildman–Crippen MR) is 141 cm³/mol. The highest BCUT2D eigenvalue weighted by Gasteiger charge is 2.74. The van der Waals surface area contributed by atoms with E-state index in [1.165, 1.54) is 17.2 Å². The number of aliphatic hydroxyl groups is 2. The molecular weight excluding hydrogens is 520 g/mol. The Bertz CT molecular complexity index is 1390. The number of hydrogen-bond donors (Lipinski definition) is 9. The Morgan fingerprint density at radius 3 is 2.70 bits per heavy atom. The third-order valence-corrected chi connectivity index (χ3v) is 8.39. The fraction of sp³-hybridized carbons (Fsp3) is 0.462. The van der Waals surface area contributed by atoms with E-state index in [2.05, 4.69) is 40.4 Å². The maximum Gasteiger partial charge on any atom is 0.287 e. The molecule has 9 N–H and O–H groups in total. The zero-order valence-corrected chi connectivity index (χ0v) is 22.0. The van der Waals surface area contributed by atoms with E-state index in [0.717, 1.165) is 12.0 Å². The number of rotatable bonds is 5. The number of para-hydroxylation sites is 1. The Morgan fingerprint density at radius 1 is 1.15 bits per heavy atom. The van der Waals surface area contributed by atoms with Gasteiger partial charge in [-0.3, -0.25) is 20.4 Å². The summed E-state index contributed by atoms with van der Waals surface area (Å²) < 4.78 is 11.0. The zero-order chi connectivity index (χ0) is 28.4. The number of hydrogen-bond acceptors (Lipinski definition) is 8. The van der Waals surface area contributed by atoms with Crippen LogP contribution in [0.5, 0.6) is 5.75 Å². The van der Waals surface area contributed by atoms with E-state index < -0.39 is 41.4 Å². The summed E-state index contributed by atoms with van der Waals surface area (Å²) >= 11 is 0. The summed E-state index contributed by atoms with van der Waals surface area (Å²) in [7, 11) is 0. The number of carbonyl (C=O) groups is 2. The van der Waals surface area contributed by atoms with E-state index in [4.69, 9.17) is 20.0 Å². The van der Waals surface area contributed by atoms with Crippen LogP contribution < -0.4 is 31.3 Å². The van der Waals surface area contributed by atoms with Gasteiger partial charge in [-0.15, -0.1) is 0 Å². The number of guanidine groups is 2. The zero-order valence-electron chi connectivity index (χ0n) is 22.0. The molecule has 3 fully saturated rings. The molecule has 0 bridgehead atoms. The first kappa shape index (κ1) is 26.0. The Morgan fingerprint density at radius 2 is 1.95 bits per heavy atom. The molecule has 6 rings (SSSR count). The minimum Gasteiger partial charge on any atom is -0.492 e. The number of nitrogens with one attached hydrogen (secondary N) is 7. The highest BCUT2D eigenvalue weighted by atomic mass is 16.5. The molecule has 1 aromatic carbocycles. The van der Waals surface area contributed by atoms with Crippen molar-refractivity contribution in [2.75, 3.05) is 19.7 Å². The van der Waals surface area contributed by atoms with E-state index in [1.807, 2.05) is 6.07 Å². The second-order valence-corrected chi connectivity index (χ2v) is 11.2. The van der Waals surface area contributed by atoms with Gasteiger partial charge < -0.3 is 50.9 Å². The van der Waals surface area contributed by atoms with Crippen LogP contribution in [0, 0.1) is 10.8 Å². The molecule has 0 unspecified atom stereocenters. The number of carbonyl (C=O) groups excluding carboxylic acids is 2. The Balaban J connectivity index is 1.27. The van der Waals surface area contributed by atoms with E-state index in [1.54, 1.807) is 18.2 Å². The minimum absolute atomic E-state index is 0.0273. The minimum atomic E-state index is -2.64. The summed E-state index contributed by atoms with van der Waals surface area (Å²) in [5.41, 5.74) is -0.811. The van der Waals surface area contributed by atoms with E-state index in [9.17, 15) is 19.8 Å². The molecule has 14 nitrogen and oxygen atoms in total. The highest BCUT2D eigenvalue weighted by Crippen LogP contribution is 2.44. The van der Waals surface area contributed by atoms with E-state index in [-0.39, 0.29) is 41.7 Å². The van der Waals surface area contributed by atoms with Gasteiger partial charge in [-0.05, 0) is 30.0 Å². The summed E-state index contributed by atoms with van der Waals surface area (Å²) in [4.78, 5) is 27.4. The molecule has 5 heterocycles. The van der Waals surface area contributed by atoms with Gasteiger partial charge in [-0.25, -0.2) is 0 Å². The molecule has 0 radical (unpaired) electrons. The molecule has 4 aliphatic heterocycles. The molecule has 3 saturated heterocycles. The summed E-state index contributed by atoms with van der Waals surface area (Å²) in [6, 6.07) is 5.52. The van der Waals surface area contributed by atoms with Gasteiger partial charge in [0.2, 0.25) is 5.79 Å². The lowest BCUT2D eigenvalue weighted by atomic mass is 9.79. The standard InChI is InChI=1S/C26H32N8O6/c1-24(2)8-10-40-18-13(5-3-6-14(18)24)20(35)31-17-12-34-23(28)30-15(11-29-21(36)16-7-4-9-39-16)19-25(34,26(17,37)38)33-22(27)32-19/h3-7,9,15,17,19,37-38H,8,10-12H2,1-2H3,(H2,28,30)(H,29,36)(H,31,35)(H3,27,32,33)/t15-,17-,19-,25-/m0/s1. The van der Waals surface area contributed by atoms with Gasteiger partial charge in [0.25, 0.3) is 11.8 Å². The predicted octanol–water partition coefficient (Wildman–Crippen LogP) is -1.04. The average Bonchev–Trinajstić information content (AvgIpc) is 3.61. The van der Waals surface area contributed by atoms with Crippen molar-refractivity contribution in [3.05, 3.63) is 53.5 Å². The summed E-state index contributed by atoms with van der Waals surface area (Å²) in [5, 5.41) is 54.4. The molecule has 2 amide bonds. The molecular formula is C26H32N8O6. The summed E-state index contributed by atoms with van der Waals surface area (Å²) in [5.74, 6) is -3.47. The Kier molecular flexibility index (Phi) is 5.75. The second kappa shape index (κ2) is 8.86. The molecule has 2 aromatic rings. The lowest BCUT2D eigenvalue weighted by Crippen LogP contribution is -2.81. The first-order chi connectivity index (χ1) is 19.0. The Hall–Kier alpha value is -4.30. The van der Waals surface area contributed by atoms with E-state index in [0.29, 0.717) is 12.4 Å².